The second-order valence-electron chi connectivity index (χ2n) is 5.20. The maximum atomic E-state index is 5.69. The molecular formula is C16H19NO. The first-order valence-corrected chi connectivity index (χ1v) is 6.86. The van der Waals surface area contributed by atoms with E-state index in [1.54, 1.807) is 6.20 Å². The molecule has 1 aliphatic carbocycles. The van der Waals surface area contributed by atoms with Gasteiger partial charge in [0, 0.05) is 5.56 Å². The minimum Gasteiger partial charge on any atom is -0.441 e. The van der Waals surface area contributed by atoms with Gasteiger partial charge in [0.15, 0.2) is 0 Å². The van der Waals surface area contributed by atoms with Crippen LogP contribution in [0.4, 0.5) is 0 Å². The van der Waals surface area contributed by atoms with Gasteiger partial charge >= 0.3 is 0 Å². The molecule has 0 unspecified atom stereocenters. The molecule has 1 aliphatic rings. The smallest absolute Gasteiger partial charge is 0.226 e. The Morgan fingerprint density at radius 3 is 2.61 bits per heavy atom. The van der Waals surface area contributed by atoms with E-state index in [0.717, 1.165) is 11.7 Å². The Morgan fingerprint density at radius 1 is 1.11 bits per heavy atom. The summed E-state index contributed by atoms with van der Waals surface area (Å²) in [6.45, 7) is 1.94. The fourth-order valence-electron chi connectivity index (χ4n) is 2.94. The highest BCUT2D eigenvalue weighted by molar-refractivity contribution is 5.59. The molecule has 2 heteroatoms. The van der Waals surface area contributed by atoms with Crippen LogP contribution in [0.1, 0.15) is 49.3 Å². The Morgan fingerprint density at radius 2 is 1.89 bits per heavy atom. The molecular weight excluding hydrogens is 222 g/mol. The number of rotatable bonds is 2. The lowest BCUT2D eigenvalue weighted by atomic mass is 9.82. The van der Waals surface area contributed by atoms with Crippen LogP contribution in [0.3, 0.4) is 0 Å². The van der Waals surface area contributed by atoms with Gasteiger partial charge in [0.05, 0.1) is 6.20 Å². The van der Waals surface area contributed by atoms with Crippen LogP contribution in [0.15, 0.2) is 34.9 Å². The van der Waals surface area contributed by atoms with Crippen LogP contribution in [0.25, 0.3) is 11.5 Å². The normalized spacial score (nSPS) is 16.9. The molecule has 1 fully saturated rings. The molecule has 18 heavy (non-hydrogen) atoms. The fraction of sp³-hybridized carbons (Fsp3) is 0.438. The number of nitrogens with zero attached hydrogens (tertiary/aromatic N) is 1. The van der Waals surface area contributed by atoms with Gasteiger partial charge in [-0.3, -0.25) is 0 Å². The van der Waals surface area contributed by atoms with Crippen molar-refractivity contribution in [2.45, 2.75) is 44.9 Å². The van der Waals surface area contributed by atoms with E-state index in [1.807, 2.05) is 6.92 Å². The SMILES string of the molecule is Cc1cnc(-c2ccccc2C2CCCCC2)o1. The second-order valence-corrected chi connectivity index (χ2v) is 5.20. The van der Waals surface area contributed by atoms with Gasteiger partial charge in [-0.25, -0.2) is 4.98 Å². The Bertz CT molecular complexity index is 523. The van der Waals surface area contributed by atoms with Crippen LogP contribution in [0.5, 0.6) is 0 Å². The number of hydrogen-bond donors (Lipinski definition) is 0. The van der Waals surface area contributed by atoms with Gasteiger partial charge in [-0.15, -0.1) is 0 Å². The highest BCUT2D eigenvalue weighted by atomic mass is 16.4. The average Bonchev–Trinajstić information content (AvgIpc) is 2.86. The van der Waals surface area contributed by atoms with Gasteiger partial charge in [0.1, 0.15) is 5.76 Å². The number of hydrogen-bond acceptors (Lipinski definition) is 2. The van der Waals surface area contributed by atoms with Gasteiger partial charge in [0.2, 0.25) is 5.89 Å². The largest absolute Gasteiger partial charge is 0.441 e. The van der Waals surface area contributed by atoms with Crippen LogP contribution in [0.2, 0.25) is 0 Å². The van der Waals surface area contributed by atoms with Crippen molar-refractivity contribution in [3.63, 3.8) is 0 Å². The zero-order valence-corrected chi connectivity index (χ0v) is 10.9. The van der Waals surface area contributed by atoms with Crippen LogP contribution in [-0.2, 0) is 0 Å². The summed E-state index contributed by atoms with van der Waals surface area (Å²) in [7, 11) is 0. The Kier molecular flexibility index (Phi) is 3.18. The molecule has 0 radical (unpaired) electrons. The summed E-state index contributed by atoms with van der Waals surface area (Å²) in [6.07, 6.45) is 8.49. The highest BCUT2D eigenvalue weighted by Crippen LogP contribution is 2.37. The summed E-state index contributed by atoms with van der Waals surface area (Å²) in [5.74, 6) is 2.33. The van der Waals surface area contributed by atoms with E-state index in [2.05, 4.69) is 29.2 Å². The highest BCUT2D eigenvalue weighted by Gasteiger charge is 2.20. The standard InChI is InChI=1S/C16H19NO/c1-12-11-17-16(18-12)15-10-6-5-9-14(15)13-7-3-2-4-8-13/h5-6,9-11,13H,2-4,7-8H2,1H3. The van der Waals surface area contributed by atoms with Crippen molar-refractivity contribution in [1.29, 1.82) is 0 Å². The molecule has 0 atom stereocenters. The first-order chi connectivity index (χ1) is 8.84. The van der Waals surface area contributed by atoms with E-state index in [9.17, 15) is 0 Å². The minimum atomic E-state index is 0.683. The second kappa shape index (κ2) is 4.97. The van der Waals surface area contributed by atoms with Crippen LogP contribution in [0, 0.1) is 6.92 Å². The van der Waals surface area contributed by atoms with E-state index in [1.165, 1.54) is 43.2 Å². The van der Waals surface area contributed by atoms with E-state index in [0.29, 0.717) is 5.92 Å². The third kappa shape index (κ3) is 2.20. The molecule has 0 N–H and O–H groups in total. The summed E-state index contributed by atoms with van der Waals surface area (Å²) in [5, 5.41) is 0. The first-order valence-electron chi connectivity index (χ1n) is 6.86. The lowest BCUT2D eigenvalue weighted by Gasteiger charge is -2.23. The summed E-state index contributed by atoms with van der Waals surface area (Å²) < 4.78 is 5.69. The zero-order chi connectivity index (χ0) is 12.4. The van der Waals surface area contributed by atoms with Gasteiger partial charge in [-0.1, -0.05) is 37.5 Å². The number of oxazole rings is 1. The van der Waals surface area contributed by atoms with Crippen LogP contribution < -0.4 is 0 Å². The molecule has 0 spiro atoms. The van der Waals surface area contributed by atoms with Gasteiger partial charge in [-0.05, 0) is 37.3 Å². The molecule has 3 rings (SSSR count). The Balaban J connectivity index is 1.99. The molecule has 0 bridgehead atoms. The van der Waals surface area contributed by atoms with Crippen molar-refractivity contribution < 1.29 is 4.42 Å². The van der Waals surface area contributed by atoms with Crippen molar-refractivity contribution >= 4 is 0 Å². The third-order valence-corrected chi connectivity index (χ3v) is 3.86. The quantitative estimate of drug-likeness (QED) is 0.761. The third-order valence-electron chi connectivity index (χ3n) is 3.86. The first kappa shape index (κ1) is 11.5. The Labute approximate surface area is 108 Å². The lowest BCUT2D eigenvalue weighted by molar-refractivity contribution is 0.443. The van der Waals surface area contributed by atoms with Crippen molar-refractivity contribution in [2.75, 3.05) is 0 Å². The molecule has 0 saturated heterocycles. The molecule has 1 aromatic carbocycles. The summed E-state index contributed by atoms with van der Waals surface area (Å²) >= 11 is 0. The molecule has 2 nitrogen and oxygen atoms in total. The number of aryl methyl sites for hydroxylation is 1. The minimum absolute atomic E-state index is 0.683. The predicted octanol–water partition coefficient (Wildman–Crippen LogP) is 4.70. The number of benzene rings is 1. The van der Waals surface area contributed by atoms with E-state index >= 15 is 0 Å². The zero-order valence-electron chi connectivity index (χ0n) is 10.9. The fourth-order valence-corrected chi connectivity index (χ4v) is 2.94. The predicted molar refractivity (Wildman–Crippen MR) is 72.5 cm³/mol. The monoisotopic (exact) mass is 241 g/mol. The van der Waals surface area contributed by atoms with Gasteiger partial charge in [0.25, 0.3) is 0 Å². The van der Waals surface area contributed by atoms with Gasteiger partial charge < -0.3 is 4.42 Å². The maximum Gasteiger partial charge on any atom is 0.226 e. The lowest BCUT2D eigenvalue weighted by Crippen LogP contribution is -2.05. The van der Waals surface area contributed by atoms with Crippen LogP contribution in [-0.4, -0.2) is 4.98 Å². The Hall–Kier alpha value is -1.57. The average molecular weight is 241 g/mol. The molecule has 1 aromatic heterocycles. The maximum absolute atomic E-state index is 5.69. The summed E-state index contributed by atoms with van der Waals surface area (Å²) in [6, 6.07) is 8.57. The summed E-state index contributed by atoms with van der Waals surface area (Å²) in [4.78, 5) is 4.37. The van der Waals surface area contributed by atoms with Gasteiger partial charge in [-0.2, -0.15) is 0 Å². The van der Waals surface area contributed by atoms with Crippen molar-refractivity contribution in [3.05, 3.63) is 41.8 Å². The van der Waals surface area contributed by atoms with E-state index in [4.69, 9.17) is 4.42 Å². The van der Waals surface area contributed by atoms with Crippen molar-refractivity contribution in [1.82, 2.24) is 4.98 Å². The number of aromatic nitrogens is 1. The molecule has 1 heterocycles. The summed E-state index contributed by atoms with van der Waals surface area (Å²) in [5.41, 5.74) is 2.59. The van der Waals surface area contributed by atoms with E-state index in [-0.39, 0.29) is 0 Å². The molecule has 0 amide bonds. The molecule has 0 aliphatic heterocycles. The molecule has 2 aromatic rings. The molecule has 94 valence electrons. The van der Waals surface area contributed by atoms with E-state index < -0.39 is 0 Å². The topological polar surface area (TPSA) is 26.0 Å². The van der Waals surface area contributed by atoms with Crippen LogP contribution >= 0.6 is 0 Å². The van der Waals surface area contributed by atoms with Crippen molar-refractivity contribution in [3.8, 4) is 11.5 Å². The molecule has 1 saturated carbocycles. The van der Waals surface area contributed by atoms with Crippen molar-refractivity contribution in [2.24, 2.45) is 0 Å².